The summed E-state index contributed by atoms with van der Waals surface area (Å²) in [6.07, 6.45) is 0. The summed E-state index contributed by atoms with van der Waals surface area (Å²) < 4.78 is 18.4. The molecule has 0 fully saturated rings. The van der Waals surface area contributed by atoms with Crippen LogP contribution in [-0.2, 0) is 6.54 Å². The van der Waals surface area contributed by atoms with Crippen LogP contribution in [0.1, 0.15) is 5.56 Å². The number of hydrazine groups is 1. The van der Waals surface area contributed by atoms with E-state index < -0.39 is 16.8 Å². The molecule has 17 heavy (non-hydrogen) atoms. The van der Waals surface area contributed by atoms with E-state index in [0.717, 1.165) is 0 Å². The largest absolute Gasteiger partial charge is 0.494 e. The van der Waals surface area contributed by atoms with E-state index in [0.29, 0.717) is 0 Å². The van der Waals surface area contributed by atoms with Gasteiger partial charge in [-0.3, -0.25) is 5.41 Å². The quantitative estimate of drug-likeness (QED) is 0.311. The van der Waals surface area contributed by atoms with E-state index in [-0.39, 0.29) is 17.9 Å². The topological polar surface area (TPSA) is 100 Å². The summed E-state index contributed by atoms with van der Waals surface area (Å²) in [7, 11) is 1.34. The zero-order valence-corrected chi connectivity index (χ0v) is 8.99. The van der Waals surface area contributed by atoms with E-state index in [9.17, 15) is 14.5 Å². The third-order valence-electron chi connectivity index (χ3n) is 1.92. The SMILES string of the molecule is COc1cccc(CNC(=N)N[N+](=O)[O-])c1F. The third-order valence-corrected chi connectivity index (χ3v) is 1.92. The summed E-state index contributed by atoms with van der Waals surface area (Å²) in [4.78, 5) is 10.0. The number of nitrogens with zero attached hydrogens (tertiary/aromatic N) is 1. The molecule has 0 saturated heterocycles. The van der Waals surface area contributed by atoms with Crippen molar-refractivity contribution < 1.29 is 14.2 Å². The van der Waals surface area contributed by atoms with Crippen LogP contribution in [0.5, 0.6) is 5.75 Å². The fourth-order valence-electron chi connectivity index (χ4n) is 1.16. The highest BCUT2D eigenvalue weighted by molar-refractivity contribution is 5.75. The minimum atomic E-state index is -0.878. The first-order valence-electron chi connectivity index (χ1n) is 4.59. The molecular formula is C9H11FN4O3. The van der Waals surface area contributed by atoms with Gasteiger partial charge in [0, 0.05) is 12.1 Å². The molecule has 1 rings (SSSR count). The van der Waals surface area contributed by atoms with Gasteiger partial charge in [0.2, 0.25) is 0 Å². The van der Waals surface area contributed by atoms with Crippen molar-refractivity contribution in [2.45, 2.75) is 6.54 Å². The van der Waals surface area contributed by atoms with Crippen molar-refractivity contribution >= 4 is 5.96 Å². The molecule has 92 valence electrons. The minimum Gasteiger partial charge on any atom is -0.494 e. The third kappa shape index (κ3) is 3.59. The molecule has 0 saturated carbocycles. The first-order chi connectivity index (χ1) is 8.04. The van der Waals surface area contributed by atoms with Gasteiger partial charge in [0.25, 0.3) is 5.96 Å². The Hall–Kier alpha value is -2.38. The highest BCUT2D eigenvalue weighted by Crippen LogP contribution is 2.19. The average molecular weight is 242 g/mol. The molecule has 0 aliphatic carbocycles. The van der Waals surface area contributed by atoms with Crippen LogP contribution in [0.25, 0.3) is 0 Å². The number of benzene rings is 1. The Bertz CT molecular complexity index is 438. The molecule has 1 aromatic rings. The number of ether oxygens (including phenoxy) is 1. The number of halogens is 1. The molecule has 0 aliphatic heterocycles. The highest BCUT2D eigenvalue weighted by Gasteiger charge is 2.09. The predicted octanol–water partition coefficient (Wildman–Crippen LogP) is 0.640. The van der Waals surface area contributed by atoms with Gasteiger partial charge in [-0.1, -0.05) is 17.6 Å². The van der Waals surface area contributed by atoms with E-state index in [4.69, 9.17) is 10.1 Å². The van der Waals surface area contributed by atoms with Gasteiger partial charge in [0.15, 0.2) is 16.6 Å². The average Bonchev–Trinajstić information content (AvgIpc) is 2.27. The molecule has 0 radical (unpaired) electrons. The Balaban J connectivity index is 2.63. The van der Waals surface area contributed by atoms with Crippen molar-refractivity contribution in [3.63, 3.8) is 0 Å². The van der Waals surface area contributed by atoms with Gasteiger partial charge in [-0.15, -0.1) is 0 Å². The molecule has 0 unspecified atom stereocenters. The van der Waals surface area contributed by atoms with E-state index in [1.165, 1.54) is 19.2 Å². The van der Waals surface area contributed by atoms with Crippen molar-refractivity contribution in [2.75, 3.05) is 7.11 Å². The Morgan fingerprint density at radius 2 is 2.35 bits per heavy atom. The maximum atomic E-state index is 13.6. The molecule has 0 aliphatic rings. The molecule has 7 nitrogen and oxygen atoms in total. The van der Waals surface area contributed by atoms with Crippen molar-refractivity contribution in [1.82, 2.24) is 10.7 Å². The fraction of sp³-hybridized carbons (Fsp3) is 0.222. The normalized spacial score (nSPS) is 9.53. The van der Waals surface area contributed by atoms with Crippen LogP contribution in [0.3, 0.4) is 0 Å². The van der Waals surface area contributed by atoms with Gasteiger partial charge in [-0.2, -0.15) is 0 Å². The molecule has 0 bridgehead atoms. The van der Waals surface area contributed by atoms with Crippen molar-refractivity contribution in [1.29, 1.82) is 5.41 Å². The van der Waals surface area contributed by atoms with Crippen molar-refractivity contribution in [2.24, 2.45) is 0 Å². The molecule has 1 aromatic carbocycles. The smallest absolute Gasteiger partial charge is 0.251 e. The minimum absolute atomic E-state index is 0.0529. The maximum Gasteiger partial charge on any atom is 0.251 e. The van der Waals surface area contributed by atoms with E-state index in [1.54, 1.807) is 11.5 Å². The first kappa shape index (κ1) is 12.7. The Labute approximate surface area is 96.2 Å². The summed E-state index contributed by atoms with van der Waals surface area (Å²) >= 11 is 0. The van der Waals surface area contributed by atoms with Gasteiger partial charge < -0.3 is 10.1 Å². The number of rotatable bonds is 4. The highest BCUT2D eigenvalue weighted by atomic mass is 19.1. The summed E-state index contributed by atoms with van der Waals surface area (Å²) in [6, 6.07) is 4.53. The number of nitro groups is 1. The van der Waals surface area contributed by atoms with E-state index in [1.807, 2.05) is 0 Å². The molecule has 3 N–H and O–H groups in total. The van der Waals surface area contributed by atoms with Crippen LogP contribution >= 0.6 is 0 Å². The summed E-state index contributed by atoms with van der Waals surface area (Å²) in [5, 5.41) is 18.6. The summed E-state index contributed by atoms with van der Waals surface area (Å²) in [6.45, 7) is -0.0529. The zero-order valence-electron chi connectivity index (χ0n) is 8.99. The standard InChI is InChI=1S/C9H11FN4O3/c1-17-7-4-2-3-6(8(7)10)5-12-9(11)13-14(15)16/h2-4H,5H2,1H3,(H3,11,12,13). The number of guanidine groups is 1. The lowest BCUT2D eigenvalue weighted by atomic mass is 10.2. The maximum absolute atomic E-state index is 13.6. The summed E-state index contributed by atoms with van der Waals surface area (Å²) in [5.74, 6) is -0.994. The molecule has 0 spiro atoms. The summed E-state index contributed by atoms with van der Waals surface area (Å²) in [5.41, 5.74) is 1.85. The lowest BCUT2D eigenvalue weighted by Crippen LogP contribution is -2.39. The van der Waals surface area contributed by atoms with Crippen LogP contribution in [0, 0.1) is 21.3 Å². The monoisotopic (exact) mass is 242 g/mol. The molecule has 8 heteroatoms. The van der Waals surface area contributed by atoms with Gasteiger partial charge in [-0.25, -0.2) is 14.5 Å². The predicted molar refractivity (Wildman–Crippen MR) is 57.6 cm³/mol. The van der Waals surface area contributed by atoms with Crippen LogP contribution in [0.15, 0.2) is 18.2 Å². The number of hydrogen-bond donors (Lipinski definition) is 3. The second-order valence-corrected chi connectivity index (χ2v) is 3.03. The molecular weight excluding hydrogens is 231 g/mol. The zero-order chi connectivity index (χ0) is 12.8. The lowest BCUT2D eigenvalue weighted by molar-refractivity contribution is -0.525. The second-order valence-electron chi connectivity index (χ2n) is 3.03. The lowest BCUT2D eigenvalue weighted by Gasteiger charge is -2.08. The van der Waals surface area contributed by atoms with Gasteiger partial charge in [-0.05, 0) is 6.07 Å². The van der Waals surface area contributed by atoms with Crippen LogP contribution in [0.2, 0.25) is 0 Å². The molecule has 0 heterocycles. The first-order valence-corrected chi connectivity index (χ1v) is 4.59. The number of hydrogen-bond acceptors (Lipinski definition) is 4. The molecule has 0 aromatic heterocycles. The Kier molecular flexibility index (Phi) is 4.21. The Morgan fingerprint density at radius 1 is 1.65 bits per heavy atom. The van der Waals surface area contributed by atoms with Crippen LogP contribution < -0.4 is 15.5 Å². The molecule has 0 amide bonds. The van der Waals surface area contributed by atoms with Gasteiger partial charge in [0.1, 0.15) is 0 Å². The van der Waals surface area contributed by atoms with Crippen molar-refractivity contribution in [3.8, 4) is 5.75 Å². The second kappa shape index (κ2) is 5.64. The van der Waals surface area contributed by atoms with E-state index in [2.05, 4.69) is 5.32 Å². The van der Waals surface area contributed by atoms with Gasteiger partial charge in [0.05, 0.1) is 7.11 Å². The fourth-order valence-corrected chi connectivity index (χ4v) is 1.16. The number of methoxy groups -OCH3 is 1. The Morgan fingerprint density at radius 3 is 2.94 bits per heavy atom. The van der Waals surface area contributed by atoms with E-state index >= 15 is 0 Å². The van der Waals surface area contributed by atoms with Crippen LogP contribution in [0.4, 0.5) is 4.39 Å². The van der Waals surface area contributed by atoms with Crippen molar-refractivity contribution in [3.05, 3.63) is 39.7 Å². The van der Waals surface area contributed by atoms with Gasteiger partial charge >= 0.3 is 0 Å². The molecule has 0 atom stereocenters. The van der Waals surface area contributed by atoms with Crippen LogP contribution in [-0.4, -0.2) is 18.1 Å². The number of nitrogens with one attached hydrogen (secondary N) is 3.